The molecule has 1 atom stereocenters. The van der Waals surface area contributed by atoms with Gasteiger partial charge in [-0.3, -0.25) is 0 Å². The Balaban J connectivity index is 1.63. The Labute approximate surface area is 143 Å². The first kappa shape index (κ1) is 17.0. The number of halogens is 1. The number of rotatable bonds is 5. The van der Waals surface area contributed by atoms with Gasteiger partial charge in [-0.2, -0.15) is 0 Å². The van der Waals surface area contributed by atoms with Crippen LogP contribution in [0, 0.1) is 12.7 Å². The molecular formula is C19H26FN3O. The Morgan fingerprint density at radius 3 is 2.54 bits per heavy atom. The summed E-state index contributed by atoms with van der Waals surface area (Å²) in [5, 5.41) is 3.38. The van der Waals surface area contributed by atoms with E-state index in [-0.39, 0.29) is 11.9 Å². The van der Waals surface area contributed by atoms with Gasteiger partial charge in [-0.15, -0.1) is 0 Å². The Kier molecular flexibility index (Phi) is 5.21. The molecule has 0 radical (unpaired) electrons. The molecular weight excluding hydrogens is 305 g/mol. The van der Waals surface area contributed by atoms with Crippen molar-refractivity contribution < 1.29 is 8.81 Å². The van der Waals surface area contributed by atoms with Crippen LogP contribution in [0.25, 0.3) is 0 Å². The molecule has 0 spiro atoms. The van der Waals surface area contributed by atoms with Crippen molar-refractivity contribution in [2.24, 2.45) is 0 Å². The van der Waals surface area contributed by atoms with E-state index >= 15 is 0 Å². The largest absolute Gasteiger partial charge is 0.465 e. The van der Waals surface area contributed by atoms with Crippen LogP contribution in [0.2, 0.25) is 0 Å². The van der Waals surface area contributed by atoms with E-state index in [0.29, 0.717) is 12.2 Å². The molecule has 1 fully saturated rings. The fourth-order valence-corrected chi connectivity index (χ4v) is 3.05. The number of nitrogens with one attached hydrogen (secondary N) is 1. The van der Waals surface area contributed by atoms with Gasteiger partial charge in [0.15, 0.2) is 0 Å². The van der Waals surface area contributed by atoms with Crippen molar-refractivity contribution in [1.29, 1.82) is 0 Å². The predicted octanol–water partition coefficient (Wildman–Crippen LogP) is 3.33. The fraction of sp³-hybridized carbons (Fsp3) is 0.474. The van der Waals surface area contributed by atoms with Crippen LogP contribution < -0.4 is 10.2 Å². The third-order valence-electron chi connectivity index (χ3n) is 4.69. The number of furan rings is 1. The Bertz CT molecular complexity index is 677. The minimum Gasteiger partial charge on any atom is -0.465 e. The standard InChI is InChI=1S/C19H26FN3O/c1-14-4-6-17(24-14)13-21-15(2)16-5-7-19(18(20)12-16)23-10-8-22(3)9-11-23/h4-7,12,15,21H,8-11,13H2,1-3H3. The van der Waals surface area contributed by atoms with Crippen LogP contribution >= 0.6 is 0 Å². The zero-order valence-corrected chi connectivity index (χ0v) is 14.7. The normalized spacial score (nSPS) is 17.2. The summed E-state index contributed by atoms with van der Waals surface area (Å²) >= 11 is 0. The van der Waals surface area contributed by atoms with Gasteiger partial charge in [0.2, 0.25) is 0 Å². The summed E-state index contributed by atoms with van der Waals surface area (Å²) in [6, 6.07) is 9.55. The maximum Gasteiger partial charge on any atom is 0.146 e. The van der Waals surface area contributed by atoms with Gasteiger partial charge in [0.25, 0.3) is 0 Å². The van der Waals surface area contributed by atoms with Gasteiger partial charge in [0.1, 0.15) is 17.3 Å². The molecule has 2 heterocycles. The Morgan fingerprint density at radius 1 is 1.17 bits per heavy atom. The van der Waals surface area contributed by atoms with Crippen LogP contribution in [0.15, 0.2) is 34.7 Å². The predicted molar refractivity (Wildman–Crippen MR) is 94.8 cm³/mol. The van der Waals surface area contributed by atoms with E-state index in [4.69, 9.17) is 4.42 Å². The highest BCUT2D eigenvalue weighted by molar-refractivity contribution is 5.50. The fourth-order valence-electron chi connectivity index (χ4n) is 3.05. The first-order valence-corrected chi connectivity index (χ1v) is 8.54. The average molecular weight is 331 g/mol. The van der Waals surface area contributed by atoms with Gasteiger partial charge in [-0.05, 0) is 50.7 Å². The highest BCUT2D eigenvalue weighted by Crippen LogP contribution is 2.24. The SMILES string of the molecule is Cc1ccc(CNC(C)c2ccc(N3CCN(C)CC3)c(F)c2)o1. The van der Waals surface area contributed by atoms with Crippen molar-refractivity contribution in [2.75, 3.05) is 38.1 Å². The molecule has 1 aromatic carbocycles. The smallest absolute Gasteiger partial charge is 0.146 e. The van der Waals surface area contributed by atoms with Crippen molar-refractivity contribution in [2.45, 2.75) is 26.4 Å². The van der Waals surface area contributed by atoms with Crippen molar-refractivity contribution in [3.05, 3.63) is 53.2 Å². The lowest BCUT2D eigenvalue weighted by Crippen LogP contribution is -2.44. The summed E-state index contributed by atoms with van der Waals surface area (Å²) in [7, 11) is 2.10. The van der Waals surface area contributed by atoms with Gasteiger partial charge in [0.05, 0.1) is 12.2 Å². The molecule has 0 aliphatic carbocycles. The van der Waals surface area contributed by atoms with Crippen LogP contribution in [0.5, 0.6) is 0 Å². The molecule has 1 unspecified atom stereocenters. The molecule has 0 saturated carbocycles. The zero-order chi connectivity index (χ0) is 17.1. The summed E-state index contributed by atoms with van der Waals surface area (Å²) in [6.07, 6.45) is 0. The maximum absolute atomic E-state index is 14.6. The van der Waals surface area contributed by atoms with E-state index in [1.165, 1.54) is 0 Å². The quantitative estimate of drug-likeness (QED) is 0.911. The number of aryl methyl sites for hydroxylation is 1. The molecule has 130 valence electrons. The zero-order valence-electron chi connectivity index (χ0n) is 14.7. The van der Waals surface area contributed by atoms with Gasteiger partial charge < -0.3 is 19.5 Å². The third kappa shape index (κ3) is 3.97. The molecule has 1 saturated heterocycles. The summed E-state index contributed by atoms with van der Waals surface area (Å²) in [5.41, 5.74) is 1.66. The molecule has 24 heavy (non-hydrogen) atoms. The van der Waals surface area contributed by atoms with Crippen LogP contribution in [0.4, 0.5) is 10.1 Å². The number of nitrogens with zero attached hydrogens (tertiary/aromatic N) is 2. The van der Waals surface area contributed by atoms with Crippen molar-refractivity contribution >= 4 is 5.69 Å². The average Bonchev–Trinajstić information content (AvgIpc) is 2.99. The van der Waals surface area contributed by atoms with E-state index in [0.717, 1.165) is 43.3 Å². The van der Waals surface area contributed by atoms with Gasteiger partial charge in [-0.25, -0.2) is 4.39 Å². The number of hydrogen-bond donors (Lipinski definition) is 1. The lowest BCUT2D eigenvalue weighted by Gasteiger charge is -2.34. The summed E-state index contributed by atoms with van der Waals surface area (Å²) in [6.45, 7) is 8.30. The van der Waals surface area contributed by atoms with E-state index in [9.17, 15) is 4.39 Å². The van der Waals surface area contributed by atoms with Crippen LogP contribution in [0.1, 0.15) is 30.0 Å². The summed E-state index contributed by atoms with van der Waals surface area (Å²) in [5.74, 6) is 1.66. The number of hydrogen-bond acceptors (Lipinski definition) is 4. The minimum atomic E-state index is -0.139. The van der Waals surface area contributed by atoms with Gasteiger partial charge >= 0.3 is 0 Å². The van der Waals surface area contributed by atoms with Crippen molar-refractivity contribution in [3.63, 3.8) is 0 Å². The molecule has 2 aromatic rings. The lowest BCUT2D eigenvalue weighted by molar-refractivity contribution is 0.311. The lowest BCUT2D eigenvalue weighted by atomic mass is 10.1. The van der Waals surface area contributed by atoms with Crippen LogP contribution in [-0.4, -0.2) is 38.1 Å². The number of anilines is 1. The summed E-state index contributed by atoms with van der Waals surface area (Å²) in [4.78, 5) is 4.40. The molecule has 4 nitrogen and oxygen atoms in total. The molecule has 0 amide bonds. The topological polar surface area (TPSA) is 31.6 Å². The van der Waals surface area contributed by atoms with E-state index in [1.54, 1.807) is 6.07 Å². The molecule has 1 aliphatic rings. The second-order valence-electron chi connectivity index (χ2n) is 6.62. The highest BCUT2D eigenvalue weighted by atomic mass is 19.1. The van der Waals surface area contributed by atoms with E-state index in [2.05, 4.69) is 22.2 Å². The Hall–Kier alpha value is -1.85. The molecule has 3 rings (SSSR count). The first-order chi connectivity index (χ1) is 11.5. The second-order valence-corrected chi connectivity index (χ2v) is 6.62. The second kappa shape index (κ2) is 7.36. The number of piperazine rings is 1. The van der Waals surface area contributed by atoms with Gasteiger partial charge in [0, 0.05) is 32.2 Å². The van der Waals surface area contributed by atoms with E-state index in [1.807, 2.05) is 38.1 Å². The van der Waals surface area contributed by atoms with Gasteiger partial charge in [-0.1, -0.05) is 6.07 Å². The minimum absolute atomic E-state index is 0.0615. The number of likely N-dealkylation sites (N-methyl/N-ethyl adjacent to an activating group) is 1. The number of benzene rings is 1. The molecule has 1 aromatic heterocycles. The Morgan fingerprint density at radius 2 is 1.92 bits per heavy atom. The van der Waals surface area contributed by atoms with E-state index < -0.39 is 0 Å². The maximum atomic E-state index is 14.6. The first-order valence-electron chi connectivity index (χ1n) is 8.54. The van der Waals surface area contributed by atoms with Crippen molar-refractivity contribution in [1.82, 2.24) is 10.2 Å². The third-order valence-corrected chi connectivity index (χ3v) is 4.69. The summed E-state index contributed by atoms with van der Waals surface area (Å²) < 4.78 is 20.1. The van der Waals surface area contributed by atoms with Crippen LogP contribution in [-0.2, 0) is 6.54 Å². The molecule has 0 bridgehead atoms. The highest BCUT2D eigenvalue weighted by Gasteiger charge is 2.18. The van der Waals surface area contributed by atoms with Crippen molar-refractivity contribution in [3.8, 4) is 0 Å². The molecule has 5 heteroatoms. The molecule has 1 N–H and O–H groups in total. The molecule has 1 aliphatic heterocycles. The van der Waals surface area contributed by atoms with Crippen LogP contribution in [0.3, 0.4) is 0 Å². The monoisotopic (exact) mass is 331 g/mol.